The van der Waals surface area contributed by atoms with Crippen LogP contribution in [-0.4, -0.2) is 17.0 Å². The van der Waals surface area contributed by atoms with Crippen LogP contribution in [0.15, 0.2) is 82.3 Å². The number of halogens is 1. The van der Waals surface area contributed by atoms with E-state index in [0.717, 1.165) is 22.3 Å². The first-order chi connectivity index (χ1) is 15.0. The van der Waals surface area contributed by atoms with Crippen molar-refractivity contribution in [2.24, 2.45) is 0 Å². The Morgan fingerprint density at radius 1 is 1.00 bits per heavy atom. The molecule has 0 aliphatic heterocycles. The van der Waals surface area contributed by atoms with E-state index in [0.29, 0.717) is 12.1 Å². The van der Waals surface area contributed by atoms with E-state index in [-0.39, 0.29) is 5.91 Å². The monoisotopic (exact) mass is 492 g/mol. The number of para-hydroxylation sites is 1. The SMILES string of the molecule is Cc1ccc(C(=O)NCCn2cc(SCc3ccc(Br)cc3)c3ccccc32)cc1C. The van der Waals surface area contributed by atoms with Gasteiger partial charge in [-0.3, -0.25) is 4.79 Å². The standard InChI is InChI=1S/C26H25BrN2OS/c1-18-7-10-21(15-19(18)2)26(30)28-13-14-29-16-25(23-5-3-4-6-24(23)29)31-17-20-8-11-22(27)12-9-20/h3-12,15-16H,13-14,17H2,1-2H3,(H,28,30). The molecule has 1 amide bonds. The van der Waals surface area contributed by atoms with Gasteiger partial charge in [-0.15, -0.1) is 11.8 Å². The third-order valence-electron chi connectivity index (χ3n) is 5.47. The van der Waals surface area contributed by atoms with E-state index < -0.39 is 0 Å². The first kappa shape index (κ1) is 21.7. The van der Waals surface area contributed by atoms with Crippen molar-refractivity contribution >= 4 is 44.5 Å². The van der Waals surface area contributed by atoms with Crippen LogP contribution in [0.25, 0.3) is 10.9 Å². The fourth-order valence-electron chi connectivity index (χ4n) is 3.53. The van der Waals surface area contributed by atoms with Crippen LogP contribution >= 0.6 is 27.7 Å². The number of fused-ring (bicyclic) bond motifs is 1. The van der Waals surface area contributed by atoms with Crippen LogP contribution in [0.5, 0.6) is 0 Å². The number of thioether (sulfide) groups is 1. The number of hydrogen-bond acceptors (Lipinski definition) is 2. The highest BCUT2D eigenvalue weighted by atomic mass is 79.9. The van der Waals surface area contributed by atoms with E-state index in [2.05, 4.69) is 87.5 Å². The van der Waals surface area contributed by atoms with Crippen LogP contribution in [0.3, 0.4) is 0 Å². The van der Waals surface area contributed by atoms with Crippen molar-refractivity contribution in [3.63, 3.8) is 0 Å². The van der Waals surface area contributed by atoms with Gasteiger partial charge in [-0.25, -0.2) is 0 Å². The summed E-state index contributed by atoms with van der Waals surface area (Å²) in [6.45, 7) is 5.41. The Balaban J connectivity index is 1.43. The van der Waals surface area contributed by atoms with Crippen LogP contribution in [-0.2, 0) is 12.3 Å². The molecule has 4 aromatic rings. The number of benzene rings is 3. The molecule has 0 aliphatic carbocycles. The molecule has 3 aromatic carbocycles. The Labute approximate surface area is 196 Å². The highest BCUT2D eigenvalue weighted by molar-refractivity contribution is 9.10. The molecule has 0 aliphatic rings. The largest absolute Gasteiger partial charge is 0.350 e. The fourth-order valence-corrected chi connectivity index (χ4v) is 4.84. The van der Waals surface area contributed by atoms with Crippen LogP contribution in [0.1, 0.15) is 27.0 Å². The molecule has 0 atom stereocenters. The molecular weight excluding hydrogens is 468 g/mol. The zero-order valence-electron chi connectivity index (χ0n) is 17.7. The van der Waals surface area contributed by atoms with Crippen LogP contribution < -0.4 is 5.32 Å². The highest BCUT2D eigenvalue weighted by Gasteiger charge is 2.10. The van der Waals surface area contributed by atoms with Crippen molar-refractivity contribution in [2.45, 2.75) is 31.0 Å². The summed E-state index contributed by atoms with van der Waals surface area (Å²) in [4.78, 5) is 13.8. The number of nitrogens with zero attached hydrogens (tertiary/aromatic N) is 1. The van der Waals surface area contributed by atoms with Crippen molar-refractivity contribution < 1.29 is 4.79 Å². The van der Waals surface area contributed by atoms with Crippen molar-refractivity contribution in [3.05, 3.63) is 99.7 Å². The van der Waals surface area contributed by atoms with E-state index in [4.69, 9.17) is 0 Å². The normalized spacial score (nSPS) is 11.1. The van der Waals surface area contributed by atoms with E-state index >= 15 is 0 Å². The molecular formula is C26H25BrN2OS. The summed E-state index contributed by atoms with van der Waals surface area (Å²) in [6.07, 6.45) is 2.20. The Bertz CT molecular complexity index is 1210. The molecule has 4 rings (SSSR count). The van der Waals surface area contributed by atoms with Gasteiger partial charge in [0.05, 0.1) is 0 Å². The lowest BCUT2D eigenvalue weighted by atomic mass is 10.1. The molecule has 3 nitrogen and oxygen atoms in total. The first-order valence-electron chi connectivity index (χ1n) is 10.3. The maximum Gasteiger partial charge on any atom is 0.251 e. The second-order valence-electron chi connectivity index (χ2n) is 7.67. The molecule has 0 saturated heterocycles. The van der Waals surface area contributed by atoms with E-state index in [1.54, 1.807) is 0 Å². The molecule has 0 spiro atoms. The minimum Gasteiger partial charge on any atom is -0.350 e. The topological polar surface area (TPSA) is 34.0 Å². The predicted molar refractivity (Wildman–Crippen MR) is 134 cm³/mol. The number of amides is 1. The van der Waals surface area contributed by atoms with Gasteiger partial charge in [0.2, 0.25) is 0 Å². The van der Waals surface area contributed by atoms with E-state index in [9.17, 15) is 4.79 Å². The Morgan fingerprint density at radius 2 is 1.77 bits per heavy atom. The second kappa shape index (κ2) is 9.75. The average Bonchev–Trinajstić information content (AvgIpc) is 3.13. The van der Waals surface area contributed by atoms with Crippen LogP contribution in [0.2, 0.25) is 0 Å². The van der Waals surface area contributed by atoms with Crippen LogP contribution in [0, 0.1) is 13.8 Å². The summed E-state index contributed by atoms with van der Waals surface area (Å²) in [5, 5.41) is 4.31. The van der Waals surface area contributed by atoms with Crippen molar-refractivity contribution in [1.82, 2.24) is 9.88 Å². The lowest BCUT2D eigenvalue weighted by Crippen LogP contribution is -2.27. The van der Waals surface area contributed by atoms with E-state index in [1.807, 2.05) is 36.9 Å². The van der Waals surface area contributed by atoms with Crippen molar-refractivity contribution in [3.8, 4) is 0 Å². The third-order valence-corrected chi connectivity index (χ3v) is 7.11. The maximum atomic E-state index is 12.5. The predicted octanol–water partition coefficient (Wildman–Crippen LogP) is 6.74. The molecule has 31 heavy (non-hydrogen) atoms. The first-order valence-corrected chi connectivity index (χ1v) is 12.1. The molecule has 1 N–H and O–H groups in total. The van der Waals surface area contributed by atoms with Gasteiger partial charge in [0.15, 0.2) is 0 Å². The van der Waals surface area contributed by atoms with Gasteiger partial charge in [-0.05, 0) is 60.9 Å². The van der Waals surface area contributed by atoms with Gasteiger partial charge in [0.1, 0.15) is 0 Å². The van der Waals surface area contributed by atoms with Gasteiger partial charge in [-0.1, -0.05) is 52.3 Å². The number of hydrogen-bond donors (Lipinski definition) is 1. The minimum absolute atomic E-state index is 0.0237. The van der Waals surface area contributed by atoms with Crippen molar-refractivity contribution in [2.75, 3.05) is 6.54 Å². The quantitative estimate of drug-likeness (QED) is 0.289. The molecule has 0 unspecified atom stereocenters. The number of aromatic nitrogens is 1. The molecule has 5 heteroatoms. The smallest absolute Gasteiger partial charge is 0.251 e. The summed E-state index contributed by atoms with van der Waals surface area (Å²) >= 11 is 5.34. The zero-order valence-corrected chi connectivity index (χ0v) is 20.1. The molecule has 0 radical (unpaired) electrons. The average molecular weight is 493 g/mol. The molecule has 0 fully saturated rings. The number of nitrogens with one attached hydrogen (secondary N) is 1. The molecule has 158 valence electrons. The number of rotatable bonds is 7. The summed E-state index contributed by atoms with van der Waals surface area (Å²) in [5.74, 6) is 0.898. The summed E-state index contributed by atoms with van der Waals surface area (Å²) in [7, 11) is 0. The Kier molecular flexibility index (Phi) is 6.83. The molecule has 1 heterocycles. The molecule has 1 aromatic heterocycles. The zero-order chi connectivity index (χ0) is 21.8. The van der Waals surface area contributed by atoms with Gasteiger partial charge < -0.3 is 9.88 Å². The molecule has 0 bridgehead atoms. The minimum atomic E-state index is -0.0237. The van der Waals surface area contributed by atoms with Gasteiger partial charge >= 0.3 is 0 Å². The van der Waals surface area contributed by atoms with Gasteiger partial charge in [-0.2, -0.15) is 0 Å². The number of carbonyl (C=O) groups is 1. The third kappa shape index (κ3) is 5.23. The summed E-state index contributed by atoms with van der Waals surface area (Å²) in [5.41, 5.74) is 5.54. The number of carbonyl (C=O) groups excluding carboxylic acids is 1. The summed E-state index contributed by atoms with van der Waals surface area (Å²) in [6, 6.07) is 22.8. The second-order valence-corrected chi connectivity index (χ2v) is 9.61. The highest BCUT2D eigenvalue weighted by Crippen LogP contribution is 2.32. The van der Waals surface area contributed by atoms with Crippen molar-refractivity contribution in [1.29, 1.82) is 0 Å². The number of aryl methyl sites for hydroxylation is 2. The Hall–Kier alpha value is -2.50. The molecule has 0 saturated carbocycles. The summed E-state index contributed by atoms with van der Waals surface area (Å²) < 4.78 is 3.33. The Morgan fingerprint density at radius 3 is 2.55 bits per heavy atom. The fraction of sp³-hybridized carbons (Fsp3) is 0.192. The van der Waals surface area contributed by atoms with Gasteiger partial charge in [0, 0.05) is 50.9 Å². The van der Waals surface area contributed by atoms with Crippen LogP contribution in [0.4, 0.5) is 0 Å². The lowest BCUT2D eigenvalue weighted by Gasteiger charge is -2.09. The van der Waals surface area contributed by atoms with E-state index in [1.165, 1.54) is 26.9 Å². The lowest BCUT2D eigenvalue weighted by molar-refractivity contribution is 0.0952. The van der Waals surface area contributed by atoms with Gasteiger partial charge in [0.25, 0.3) is 5.91 Å². The maximum absolute atomic E-state index is 12.5.